The quantitative estimate of drug-likeness (QED) is 0.101. The molecule has 0 fully saturated rings. The summed E-state index contributed by atoms with van der Waals surface area (Å²) in [5.74, 6) is 0. The van der Waals surface area contributed by atoms with E-state index in [1.165, 1.54) is 89.5 Å². The summed E-state index contributed by atoms with van der Waals surface area (Å²) < 4.78 is 8.40. The molecule has 0 aliphatic rings. The monoisotopic (exact) mass is 671 g/mol. The number of benzene rings is 4. The molecule has 0 unspecified atom stereocenters. The molecule has 0 N–H and O–H groups in total. The average molecular weight is 672 g/mol. The summed E-state index contributed by atoms with van der Waals surface area (Å²) in [5.41, 5.74) is 20.3. The SMILES string of the molecule is Cc1cc(C)c(-n2[c-][n+](-c3c(C)cc(C)cc3C)cc2)c(C)c1.Cc1cc(C)c(-n2[c-][n+](-c3c(C)cc(C)cc3C)cc2)c(C)c1.[Cu+]. The van der Waals surface area contributed by atoms with E-state index in [-0.39, 0.29) is 17.1 Å². The number of aryl methyl sites for hydroxylation is 12. The fraction of sp³-hybridized carbons (Fsp3) is 0.286. The number of rotatable bonds is 4. The maximum Gasteiger partial charge on any atom is 1.00 e. The van der Waals surface area contributed by atoms with Crippen LogP contribution in [0.5, 0.6) is 0 Å². The summed E-state index contributed by atoms with van der Waals surface area (Å²) in [6.45, 7) is 25.9. The third-order valence-electron chi connectivity index (χ3n) is 8.67. The van der Waals surface area contributed by atoms with Crippen molar-refractivity contribution in [1.82, 2.24) is 9.13 Å². The molecule has 246 valence electrons. The summed E-state index contributed by atoms with van der Waals surface area (Å²) in [4.78, 5) is 0. The fourth-order valence-corrected chi connectivity index (χ4v) is 7.34. The van der Waals surface area contributed by atoms with Crippen molar-refractivity contribution >= 4 is 0 Å². The molecule has 0 spiro atoms. The van der Waals surface area contributed by atoms with Crippen LogP contribution in [0.2, 0.25) is 0 Å². The van der Waals surface area contributed by atoms with E-state index in [0.29, 0.717) is 0 Å². The van der Waals surface area contributed by atoms with Crippen LogP contribution in [0, 0.1) is 95.7 Å². The number of hydrogen-bond acceptors (Lipinski definition) is 0. The molecule has 4 aromatic carbocycles. The summed E-state index contributed by atoms with van der Waals surface area (Å²) in [6.07, 6.45) is 15.3. The maximum absolute atomic E-state index is 3.48. The van der Waals surface area contributed by atoms with Gasteiger partial charge in [0, 0.05) is 24.8 Å². The second kappa shape index (κ2) is 14.3. The third-order valence-corrected chi connectivity index (χ3v) is 8.67. The molecular formula is C42H48CuN4+. The normalized spacial score (nSPS) is 10.8. The van der Waals surface area contributed by atoms with Crippen molar-refractivity contribution in [2.75, 3.05) is 0 Å². The van der Waals surface area contributed by atoms with Gasteiger partial charge in [0.15, 0.2) is 0 Å². The molecule has 2 aromatic heterocycles. The molecular weight excluding hydrogens is 624 g/mol. The van der Waals surface area contributed by atoms with Crippen molar-refractivity contribution < 1.29 is 26.2 Å². The number of aromatic nitrogens is 4. The fourth-order valence-electron chi connectivity index (χ4n) is 7.34. The molecule has 0 aliphatic heterocycles. The van der Waals surface area contributed by atoms with E-state index >= 15 is 0 Å². The Morgan fingerprint density at radius 3 is 0.872 bits per heavy atom. The molecule has 4 nitrogen and oxygen atoms in total. The van der Waals surface area contributed by atoms with Gasteiger partial charge in [-0.1, -0.05) is 70.8 Å². The molecule has 0 saturated heterocycles. The van der Waals surface area contributed by atoms with Gasteiger partial charge in [-0.15, -0.1) is 0 Å². The van der Waals surface area contributed by atoms with Crippen molar-refractivity contribution in [1.29, 1.82) is 0 Å². The Kier molecular flexibility index (Phi) is 10.8. The van der Waals surface area contributed by atoms with Crippen molar-refractivity contribution in [3.8, 4) is 22.7 Å². The van der Waals surface area contributed by atoms with Gasteiger partial charge in [-0.25, -0.2) is 0 Å². The van der Waals surface area contributed by atoms with Crippen LogP contribution in [0.1, 0.15) is 66.8 Å². The third kappa shape index (κ3) is 7.53. The van der Waals surface area contributed by atoms with Crippen molar-refractivity contribution in [2.24, 2.45) is 0 Å². The first-order valence-corrected chi connectivity index (χ1v) is 16.1. The zero-order valence-corrected chi connectivity index (χ0v) is 31.0. The summed E-state index contributed by atoms with van der Waals surface area (Å²) in [5, 5.41) is 0. The van der Waals surface area contributed by atoms with Crippen LogP contribution in [-0.2, 0) is 17.1 Å². The molecule has 0 atom stereocenters. The van der Waals surface area contributed by atoms with Gasteiger partial charge in [-0.05, 0) is 128 Å². The van der Waals surface area contributed by atoms with Crippen LogP contribution < -0.4 is 9.13 Å². The van der Waals surface area contributed by atoms with Crippen molar-refractivity contribution in [3.63, 3.8) is 0 Å². The Morgan fingerprint density at radius 1 is 0.383 bits per heavy atom. The second-order valence-electron chi connectivity index (χ2n) is 13.3. The van der Waals surface area contributed by atoms with Crippen LogP contribution in [0.15, 0.2) is 73.3 Å². The molecule has 0 saturated carbocycles. The molecule has 0 aliphatic carbocycles. The summed E-state index contributed by atoms with van der Waals surface area (Å²) in [6, 6.07) is 17.8. The van der Waals surface area contributed by atoms with Gasteiger partial charge >= 0.3 is 17.1 Å². The largest absolute Gasteiger partial charge is 1.00 e. The second-order valence-corrected chi connectivity index (χ2v) is 13.3. The van der Waals surface area contributed by atoms with Gasteiger partial charge < -0.3 is 0 Å². The smallest absolute Gasteiger partial charge is 0.298 e. The molecule has 0 amide bonds. The molecule has 5 heteroatoms. The van der Waals surface area contributed by atoms with Gasteiger partial charge in [0.2, 0.25) is 0 Å². The standard InChI is InChI=1S/2C21H24N2.Cu/c2*1-14-9-16(3)20(17(4)10-14)22-7-8-23(13-22)21-18(5)11-15(2)12-19(21)6;/h2*7-12H,1-6H3;/q;;+1. The Labute approximate surface area is 292 Å². The topological polar surface area (TPSA) is 17.6 Å². The molecule has 47 heavy (non-hydrogen) atoms. The van der Waals surface area contributed by atoms with Crippen LogP contribution in [0.3, 0.4) is 0 Å². The van der Waals surface area contributed by atoms with E-state index in [2.05, 4.69) is 187 Å². The number of nitrogens with zero attached hydrogens (tertiary/aromatic N) is 4. The average Bonchev–Trinajstić information content (AvgIpc) is 3.57. The summed E-state index contributed by atoms with van der Waals surface area (Å²) in [7, 11) is 0. The minimum Gasteiger partial charge on any atom is -0.298 e. The van der Waals surface area contributed by atoms with Gasteiger partial charge in [0.05, 0.1) is 22.7 Å². The molecule has 6 aromatic rings. The maximum atomic E-state index is 3.48. The predicted octanol–water partition coefficient (Wildman–Crippen LogP) is 8.81. The zero-order valence-electron chi connectivity index (χ0n) is 30.0. The predicted molar refractivity (Wildman–Crippen MR) is 189 cm³/mol. The van der Waals surface area contributed by atoms with E-state index in [0.717, 1.165) is 0 Å². The van der Waals surface area contributed by atoms with Gasteiger partial charge in [-0.3, -0.25) is 18.3 Å². The van der Waals surface area contributed by atoms with Crippen LogP contribution >= 0.6 is 0 Å². The van der Waals surface area contributed by atoms with E-state index < -0.39 is 0 Å². The summed E-state index contributed by atoms with van der Waals surface area (Å²) >= 11 is 0. The minimum absolute atomic E-state index is 0. The number of hydrogen-bond donors (Lipinski definition) is 0. The first-order valence-electron chi connectivity index (χ1n) is 16.1. The Balaban J connectivity index is 0.000000208. The zero-order chi connectivity index (χ0) is 33.4. The van der Waals surface area contributed by atoms with Gasteiger partial charge in [0.25, 0.3) is 12.7 Å². The Morgan fingerprint density at radius 2 is 0.617 bits per heavy atom. The van der Waals surface area contributed by atoms with Crippen molar-refractivity contribution in [3.05, 3.63) is 153 Å². The van der Waals surface area contributed by atoms with E-state index in [1.54, 1.807) is 0 Å². The van der Waals surface area contributed by atoms with E-state index in [1.807, 2.05) is 0 Å². The van der Waals surface area contributed by atoms with Crippen LogP contribution in [0.25, 0.3) is 22.7 Å². The molecule has 6 rings (SSSR count). The Bertz CT molecular complexity index is 1690. The number of imidazole rings is 2. The van der Waals surface area contributed by atoms with E-state index in [9.17, 15) is 0 Å². The van der Waals surface area contributed by atoms with Gasteiger partial charge in [-0.2, -0.15) is 0 Å². The van der Waals surface area contributed by atoms with E-state index in [4.69, 9.17) is 0 Å². The molecule has 2 heterocycles. The minimum atomic E-state index is 0. The first kappa shape index (κ1) is 35.7. The molecule has 0 radical (unpaired) electrons. The Hall–Kier alpha value is -4.18. The van der Waals surface area contributed by atoms with Gasteiger partial charge in [0.1, 0.15) is 0 Å². The molecule has 0 bridgehead atoms. The van der Waals surface area contributed by atoms with Crippen LogP contribution in [0.4, 0.5) is 0 Å². The van der Waals surface area contributed by atoms with Crippen LogP contribution in [-0.4, -0.2) is 9.13 Å². The van der Waals surface area contributed by atoms with Crippen molar-refractivity contribution in [2.45, 2.75) is 83.1 Å². The first-order chi connectivity index (χ1) is 21.7.